The number of thioether (sulfide) groups is 1. The molecule has 238 valence electrons. The smallest absolute Gasteiger partial charge is 0.297 e. The molecule has 8 rings (SSSR count). The van der Waals surface area contributed by atoms with E-state index in [0.29, 0.717) is 36.4 Å². The van der Waals surface area contributed by atoms with Gasteiger partial charge in [0.25, 0.3) is 11.8 Å². The molecular formula is C35H21Cl3N4O4S2. The second-order valence-electron chi connectivity index (χ2n) is 11.4. The van der Waals surface area contributed by atoms with Crippen LogP contribution in [-0.4, -0.2) is 22.0 Å². The Morgan fingerprint density at radius 2 is 1.67 bits per heavy atom. The first-order valence-corrected chi connectivity index (χ1v) is 17.6. The summed E-state index contributed by atoms with van der Waals surface area (Å²) in [5.41, 5.74) is 1.37. The van der Waals surface area contributed by atoms with Gasteiger partial charge in [0.15, 0.2) is 15.3 Å². The monoisotopic (exact) mass is 730 g/mol. The van der Waals surface area contributed by atoms with E-state index in [4.69, 9.17) is 39.2 Å². The van der Waals surface area contributed by atoms with Gasteiger partial charge in [0, 0.05) is 26.4 Å². The molecule has 8 nitrogen and oxygen atoms in total. The van der Waals surface area contributed by atoms with Gasteiger partial charge in [-0.25, -0.2) is 0 Å². The van der Waals surface area contributed by atoms with Crippen molar-refractivity contribution in [2.24, 2.45) is 0 Å². The Morgan fingerprint density at radius 3 is 2.46 bits per heavy atom. The van der Waals surface area contributed by atoms with E-state index in [1.807, 2.05) is 37.3 Å². The number of hydrogen-bond donors (Lipinski definition) is 0. The van der Waals surface area contributed by atoms with Crippen molar-refractivity contribution in [1.29, 1.82) is 0 Å². The molecule has 0 N–H and O–H groups in total. The summed E-state index contributed by atoms with van der Waals surface area (Å²) in [5, 5.41) is 10.8. The van der Waals surface area contributed by atoms with Crippen LogP contribution < -0.4 is 15.2 Å². The highest BCUT2D eigenvalue weighted by atomic mass is 35.5. The van der Waals surface area contributed by atoms with Gasteiger partial charge in [0.2, 0.25) is 10.9 Å². The number of benzene rings is 4. The van der Waals surface area contributed by atoms with Gasteiger partial charge in [0.05, 0.1) is 23.2 Å². The summed E-state index contributed by atoms with van der Waals surface area (Å²) in [6.45, 7) is 2.03. The number of rotatable bonds is 6. The van der Waals surface area contributed by atoms with Crippen LogP contribution in [0.5, 0.6) is 0 Å². The number of fused-ring (bicyclic) bond motifs is 5. The summed E-state index contributed by atoms with van der Waals surface area (Å²) in [7, 11) is 0. The van der Waals surface area contributed by atoms with Crippen LogP contribution in [0.25, 0.3) is 11.0 Å². The van der Waals surface area contributed by atoms with Gasteiger partial charge in [-0.05, 0) is 60.5 Å². The number of halogens is 3. The zero-order valence-electron chi connectivity index (χ0n) is 24.9. The van der Waals surface area contributed by atoms with Crippen LogP contribution in [0, 0.1) is 6.92 Å². The van der Waals surface area contributed by atoms with E-state index < -0.39 is 22.8 Å². The first-order chi connectivity index (χ1) is 23.2. The molecule has 0 fully saturated rings. The van der Waals surface area contributed by atoms with Crippen LogP contribution in [0.15, 0.2) is 98.5 Å². The standard InChI is InChI=1S/C35H21Cl3N4O4S2/c1-18-6-13-27-23(14-18)29(43)28-30(46-27)31(44)42(33-39-40-34(48-33)47-17-20-9-12-22(37)15-25(20)38)35(28)24-4-2-3-5-26(24)41(32(35)45)16-19-7-10-21(36)11-8-19/h2-15H,16-17H2,1H3. The van der Waals surface area contributed by atoms with E-state index in [0.717, 1.165) is 28.0 Å². The molecule has 1 atom stereocenters. The van der Waals surface area contributed by atoms with Gasteiger partial charge in [0.1, 0.15) is 5.58 Å². The van der Waals surface area contributed by atoms with Gasteiger partial charge in [-0.3, -0.25) is 19.3 Å². The van der Waals surface area contributed by atoms with Gasteiger partial charge >= 0.3 is 0 Å². The summed E-state index contributed by atoms with van der Waals surface area (Å²) in [6, 6.07) is 24.8. The minimum atomic E-state index is -1.89. The molecule has 0 aliphatic carbocycles. The number of carbonyl (C=O) groups excluding carboxylic acids is 2. The zero-order valence-corrected chi connectivity index (χ0v) is 28.8. The zero-order chi connectivity index (χ0) is 33.3. The van der Waals surface area contributed by atoms with Crippen molar-refractivity contribution in [1.82, 2.24) is 10.2 Å². The highest BCUT2D eigenvalue weighted by molar-refractivity contribution is 8.00. The third-order valence-corrected chi connectivity index (χ3v) is 11.4. The average molecular weight is 732 g/mol. The molecule has 2 aliphatic rings. The van der Waals surface area contributed by atoms with Crippen molar-refractivity contribution >= 4 is 91.5 Å². The summed E-state index contributed by atoms with van der Waals surface area (Å²) in [4.78, 5) is 47.1. The fraction of sp³-hybridized carbons (Fsp3) is 0.114. The molecule has 1 unspecified atom stereocenters. The van der Waals surface area contributed by atoms with E-state index in [1.54, 1.807) is 59.5 Å². The minimum Gasteiger partial charge on any atom is -0.450 e. The Kier molecular flexibility index (Phi) is 7.61. The van der Waals surface area contributed by atoms with Crippen LogP contribution in [0.3, 0.4) is 0 Å². The normalized spacial score (nSPS) is 16.8. The molecular weight excluding hydrogens is 711 g/mol. The number of aryl methyl sites for hydroxylation is 1. The quantitative estimate of drug-likeness (QED) is 0.125. The molecule has 0 bridgehead atoms. The predicted molar refractivity (Wildman–Crippen MR) is 190 cm³/mol. The van der Waals surface area contributed by atoms with Crippen molar-refractivity contribution in [2.45, 2.75) is 29.1 Å². The maximum Gasteiger partial charge on any atom is 0.297 e. The topological polar surface area (TPSA) is 96.6 Å². The predicted octanol–water partition coefficient (Wildman–Crippen LogP) is 8.66. The fourth-order valence-electron chi connectivity index (χ4n) is 6.34. The molecule has 6 aromatic rings. The minimum absolute atomic E-state index is 0.0426. The first-order valence-electron chi connectivity index (χ1n) is 14.7. The van der Waals surface area contributed by atoms with E-state index in [9.17, 15) is 9.59 Å². The lowest BCUT2D eigenvalue weighted by molar-refractivity contribution is -0.121. The van der Waals surface area contributed by atoms with Gasteiger partial charge < -0.3 is 9.32 Å². The van der Waals surface area contributed by atoms with E-state index in [1.165, 1.54) is 16.7 Å². The summed E-state index contributed by atoms with van der Waals surface area (Å²) < 4.78 is 6.74. The second kappa shape index (κ2) is 11.7. The summed E-state index contributed by atoms with van der Waals surface area (Å²) >= 11 is 21.1. The lowest BCUT2D eigenvalue weighted by Gasteiger charge is -2.32. The maximum absolute atomic E-state index is 15.1. The van der Waals surface area contributed by atoms with E-state index in [2.05, 4.69) is 10.2 Å². The Bertz CT molecular complexity index is 2380. The Morgan fingerprint density at radius 1 is 0.896 bits per heavy atom. The van der Waals surface area contributed by atoms with Crippen LogP contribution in [0.2, 0.25) is 15.1 Å². The number of aromatic nitrogens is 2. The van der Waals surface area contributed by atoms with Crippen molar-refractivity contribution in [2.75, 3.05) is 9.80 Å². The molecule has 4 aromatic carbocycles. The van der Waals surface area contributed by atoms with Gasteiger partial charge in [-0.2, -0.15) is 0 Å². The lowest BCUT2D eigenvalue weighted by atomic mass is 9.84. The SMILES string of the molecule is Cc1ccc2oc3c(c(=O)c2c1)C1(C(=O)N(Cc2ccc(Cl)cc2)c2ccccc21)N(c1nnc(SCc2ccc(Cl)cc2Cl)s1)C3=O. The third-order valence-electron chi connectivity index (χ3n) is 8.49. The second-order valence-corrected chi connectivity index (χ2v) is 14.9. The lowest BCUT2D eigenvalue weighted by Crippen LogP contribution is -2.53. The van der Waals surface area contributed by atoms with Crippen LogP contribution >= 0.6 is 57.9 Å². The Balaban J connectivity index is 1.31. The summed E-state index contributed by atoms with van der Waals surface area (Å²) in [5.74, 6) is -0.882. The van der Waals surface area contributed by atoms with Crippen molar-refractivity contribution < 1.29 is 14.0 Å². The molecule has 2 aliphatic heterocycles. The van der Waals surface area contributed by atoms with Crippen molar-refractivity contribution in [3.63, 3.8) is 0 Å². The van der Waals surface area contributed by atoms with Crippen molar-refractivity contribution in [3.05, 3.63) is 144 Å². The number of amides is 2. The molecule has 0 saturated carbocycles. The Hall–Kier alpha value is -4.19. The molecule has 13 heteroatoms. The molecule has 4 heterocycles. The molecule has 0 saturated heterocycles. The van der Waals surface area contributed by atoms with Crippen LogP contribution in [0.1, 0.15) is 38.4 Å². The maximum atomic E-state index is 15.1. The van der Waals surface area contributed by atoms with Crippen LogP contribution in [-0.2, 0) is 22.6 Å². The first kappa shape index (κ1) is 31.1. The third kappa shape index (κ3) is 4.77. The fourth-order valence-corrected chi connectivity index (χ4v) is 8.91. The highest BCUT2D eigenvalue weighted by Gasteiger charge is 2.66. The largest absolute Gasteiger partial charge is 0.450 e. The average Bonchev–Trinajstić information content (AvgIpc) is 3.71. The highest BCUT2D eigenvalue weighted by Crippen LogP contribution is 2.55. The van der Waals surface area contributed by atoms with Gasteiger partial charge in [-0.1, -0.05) is 106 Å². The number of carbonyl (C=O) groups is 2. The van der Waals surface area contributed by atoms with Crippen LogP contribution in [0.4, 0.5) is 10.8 Å². The molecule has 2 amide bonds. The molecule has 2 aromatic heterocycles. The molecule has 0 radical (unpaired) electrons. The van der Waals surface area contributed by atoms with E-state index >= 15 is 4.79 Å². The summed E-state index contributed by atoms with van der Waals surface area (Å²) in [6.07, 6.45) is 0. The molecule has 1 spiro atoms. The number of hydrogen-bond acceptors (Lipinski definition) is 8. The van der Waals surface area contributed by atoms with E-state index in [-0.39, 0.29) is 34.0 Å². The molecule has 48 heavy (non-hydrogen) atoms. The van der Waals surface area contributed by atoms with Gasteiger partial charge in [-0.15, -0.1) is 10.2 Å². The van der Waals surface area contributed by atoms with Crippen molar-refractivity contribution in [3.8, 4) is 0 Å². The number of nitrogens with zero attached hydrogens (tertiary/aromatic N) is 4. The number of anilines is 2. The Labute approximate surface area is 296 Å². The number of para-hydroxylation sites is 1.